The molecule has 0 aliphatic carbocycles. The summed E-state index contributed by atoms with van der Waals surface area (Å²) in [6.45, 7) is 4.11. The first kappa shape index (κ1) is 15.9. The molecule has 2 rings (SSSR count). The molecule has 0 aliphatic rings. The van der Waals surface area contributed by atoms with Crippen molar-refractivity contribution in [1.82, 2.24) is 0 Å². The summed E-state index contributed by atoms with van der Waals surface area (Å²) in [5.74, 6) is -0.0295. The number of nitriles is 1. The summed E-state index contributed by atoms with van der Waals surface area (Å²) in [5, 5.41) is 8.96. The Kier molecular flexibility index (Phi) is 4.41. The highest BCUT2D eigenvalue weighted by Crippen LogP contribution is 2.30. The quantitative estimate of drug-likeness (QED) is 0.776. The van der Waals surface area contributed by atoms with E-state index in [1.165, 1.54) is 12.1 Å². The van der Waals surface area contributed by atoms with Gasteiger partial charge < -0.3 is 4.74 Å². The van der Waals surface area contributed by atoms with E-state index in [4.69, 9.17) is 5.26 Å². The van der Waals surface area contributed by atoms with E-state index in [0.29, 0.717) is 11.5 Å². The van der Waals surface area contributed by atoms with Gasteiger partial charge in [-0.25, -0.2) is 0 Å². The van der Waals surface area contributed by atoms with Crippen LogP contribution in [0.2, 0.25) is 0 Å². The number of halogens is 3. The number of ether oxygens (including phenoxy) is 1. The van der Waals surface area contributed by atoms with Crippen molar-refractivity contribution in [1.29, 1.82) is 5.26 Å². The Morgan fingerprint density at radius 3 is 2.14 bits per heavy atom. The zero-order valence-electron chi connectivity index (χ0n) is 12.1. The van der Waals surface area contributed by atoms with Crippen LogP contribution in [0.1, 0.15) is 30.9 Å². The van der Waals surface area contributed by atoms with Gasteiger partial charge in [0, 0.05) is 0 Å². The van der Waals surface area contributed by atoms with Crippen LogP contribution in [0.4, 0.5) is 13.2 Å². The van der Waals surface area contributed by atoms with Crippen LogP contribution in [0.15, 0.2) is 42.5 Å². The molecule has 0 saturated carbocycles. The average Bonchev–Trinajstić information content (AvgIpc) is 2.45. The molecule has 0 bridgehead atoms. The maximum absolute atomic E-state index is 12.3. The minimum atomic E-state index is -4.78. The smallest absolute Gasteiger partial charge is 0.406 e. The van der Waals surface area contributed by atoms with E-state index in [2.05, 4.69) is 18.6 Å². The first-order valence-electron chi connectivity index (χ1n) is 6.70. The van der Waals surface area contributed by atoms with Crippen molar-refractivity contribution in [3.8, 4) is 22.9 Å². The Labute approximate surface area is 126 Å². The highest BCUT2D eigenvalue weighted by Gasteiger charge is 2.31. The van der Waals surface area contributed by atoms with E-state index >= 15 is 0 Å². The van der Waals surface area contributed by atoms with Crippen LogP contribution < -0.4 is 4.74 Å². The van der Waals surface area contributed by atoms with Gasteiger partial charge in [-0.05, 0) is 40.8 Å². The maximum Gasteiger partial charge on any atom is 0.573 e. The van der Waals surface area contributed by atoms with Gasteiger partial charge in [-0.1, -0.05) is 38.1 Å². The van der Waals surface area contributed by atoms with Gasteiger partial charge in [-0.15, -0.1) is 13.2 Å². The van der Waals surface area contributed by atoms with Crippen LogP contribution in [0, 0.1) is 11.3 Å². The van der Waals surface area contributed by atoms with E-state index in [1.807, 2.05) is 30.3 Å². The highest BCUT2D eigenvalue weighted by molar-refractivity contribution is 5.67. The molecule has 22 heavy (non-hydrogen) atoms. The molecule has 0 heterocycles. The Balaban J connectivity index is 2.42. The van der Waals surface area contributed by atoms with Gasteiger partial charge in [0.15, 0.2) is 0 Å². The van der Waals surface area contributed by atoms with Crippen molar-refractivity contribution < 1.29 is 17.9 Å². The Bertz CT molecular complexity index is 697. The van der Waals surface area contributed by atoms with Crippen LogP contribution in [0.3, 0.4) is 0 Å². The molecule has 0 saturated heterocycles. The first-order chi connectivity index (χ1) is 10.3. The second kappa shape index (κ2) is 6.10. The summed E-state index contributed by atoms with van der Waals surface area (Å²) in [4.78, 5) is 0. The molecule has 2 aromatic carbocycles. The number of rotatable bonds is 3. The molecule has 114 valence electrons. The number of nitrogens with zero attached hydrogens (tertiary/aromatic N) is 1. The van der Waals surface area contributed by atoms with E-state index in [1.54, 1.807) is 0 Å². The molecule has 2 nitrogen and oxygen atoms in total. The number of hydrogen-bond donors (Lipinski definition) is 0. The van der Waals surface area contributed by atoms with E-state index in [-0.39, 0.29) is 5.56 Å². The van der Waals surface area contributed by atoms with Crippen LogP contribution in [-0.2, 0) is 0 Å². The zero-order chi connectivity index (χ0) is 16.3. The summed E-state index contributed by atoms with van der Waals surface area (Å²) in [5.41, 5.74) is 2.48. The van der Waals surface area contributed by atoms with Crippen molar-refractivity contribution in [3.05, 3.63) is 53.6 Å². The molecular weight excluding hydrogens is 291 g/mol. The van der Waals surface area contributed by atoms with Crippen LogP contribution in [-0.4, -0.2) is 6.36 Å². The molecule has 0 spiro atoms. The molecule has 0 radical (unpaired) electrons. The van der Waals surface area contributed by atoms with Crippen molar-refractivity contribution in [3.63, 3.8) is 0 Å². The molecular formula is C17H14F3NO. The summed E-state index contributed by atoms with van der Waals surface area (Å²) in [7, 11) is 0. The molecule has 0 N–H and O–H groups in total. The van der Waals surface area contributed by atoms with Crippen molar-refractivity contribution in [2.24, 2.45) is 0 Å². The van der Waals surface area contributed by atoms with E-state index in [9.17, 15) is 13.2 Å². The molecule has 0 fully saturated rings. The van der Waals surface area contributed by atoms with Crippen LogP contribution in [0.25, 0.3) is 11.1 Å². The molecule has 0 aliphatic heterocycles. The SMILES string of the molecule is CC(C)c1ccc(-c2cc(C#N)cc(OC(F)(F)F)c2)cc1. The Morgan fingerprint density at radius 1 is 1.00 bits per heavy atom. The lowest BCUT2D eigenvalue weighted by molar-refractivity contribution is -0.274. The second-order valence-electron chi connectivity index (χ2n) is 5.18. The third-order valence-corrected chi connectivity index (χ3v) is 3.18. The molecule has 0 amide bonds. The number of hydrogen-bond acceptors (Lipinski definition) is 2. The molecule has 2 aromatic rings. The van der Waals surface area contributed by atoms with Crippen molar-refractivity contribution >= 4 is 0 Å². The molecule has 0 unspecified atom stereocenters. The van der Waals surface area contributed by atoms with Crippen LogP contribution >= 0.6 is 0 Å². The fourth-order valence-corrected chi connectivity index (χ4v) is 2.08. The number of alkyl halides is 3. The molecule has 0 aromatic heterocycles. The van der Waals surface area contributed by atoms with E-state index in [0.717, 1.165) is 17.2 Å². The lowest BCUT2D eigenvalue weighted by Gasteiger charge is -2.12. The number of benzene rings is 2. The highest BCUT2D eigenvalue weighted by atomic mass is 19.4. The largest absolute Gasteiger partial charge is 0.573 e. The molecule has 0 atom stereocenters. The van der Waals surface area contributed by atoms with Crippen LogP contribution in [0.5, 0.6) is 5.75 Å². The minimum Gasteiger partial charge on any atom is -0.406 e. The van der Waals surface area contributed by atoms with Gasteiger partial charge in [0.2, 0.25) is 0 Å². The minimum absolute atomic E-state index is 0.115. The maximum atomic E-state index is 12.3. The monoisotopic (exact) mass is 305 g/mol. The predicted octanol–water partition coefficient (Wildman–Crippen LogP) is 5.25. The summed E-state index contributed by atoms with van der Waals surface area (Å²) >= 11 is 0. The van der Waals surface area contributed by atoms with Gasteiger partial charge in [0.1, 0.15) is 5.75 Å². The lowest BCUT2D eigenvalue weighted by atomic mass is 9.98. The summed E-state index contributed by atoms with van der Waals surface area (Å²) in [6.07, 6.45) is -4.78. The lowest BCUT2D eigenvalue weighted by Crippen LogP contribution is -2.17. The topological polar surface area (TPSA) is 33.0 Å². The molecule has 5 heteroatoms. The first-order valence-corrected chi connectivity index (χ1v) is 6.70. The van der Waals surface area contributed by atoms with E-state index < -0.39 is 12.1 Å². The fourth-order valence-electron chi connectivity index (χ4n) is 2.08. The van der Waals surface area contributed by atoms with Gasteiger partial charge in [0.25, 0.3) is 0 Å². The standard InChI is InChI=1S/C17H14F3NO/c1-11(2)13-3-5-14(6-4-13)15-7-12(10-21)8-16(9-15)22-17(18,19)20/h3-9,11H,1-2H3. The normalized spacial score (nSPS) is 11.3. The Hall–Kier alpha value is -2.48. The van der Waals surface area contributed by atoms with Gasteiger partial charge in [-0.3, -0.25) is 0 Å². The van der Waals surface area contributed by atoms with Gasteiger partial charge in [0.05, 0.1) is 11.6 Å². The predicted molar refractivity (Wildman–Crippen MR) is 77.4 cm³/mol. The zero-order valence-corrected chi connectivity index (χ0v) is 12.1. The third-order valence-electron chi connectivity index (χ3n) is 3.18. The summed E-state index contributed by atoms with van der Waals surface area (Å²) < 4.78 is 41.0. The third kappa shape index (κ3) is 4.01. The fraction of sp³-hybridized carbons (Fsp3) is 0.235. The summed E-state index contributed by atoms with van der Waals surface area (Å²) in [6, 6.07) is 13.2. The van der Waals surface area contributed by atoms with Crippen molar-refractivity contribution in [2.75, 3.05) is 0 Å². The average molecular weight is 305 g/mol. The second-order valence-corrected chi connectivity index (χ2v) is 5.18. The Morgan fingerprint density at radius 2 is 1.64 bits per heavy atom. The van der Waals surface area contributed by atoms with Gasteiger partial charge >= 0.3 is 6.36 Å². The van der Waals surface area contributed by atoms with Crippen molar-refractivity contribution in [2.45, 2.75) is 26.1 Å². The van der Waals surface area contributed by atoms with Gasteiger partial charge in [-0.2, -0.15) is 5.26 Å².